The maximum absolute atomic E-state index is 12.3. The highest BCUT2D eigenvalue weighted by molar-refractivity contribution is 6.36. The van der Waals surface area contributed by atoms with Crippen LogP contribution in [0.4, 0.5) is 5.82 Å². The number of allylic oxidation sites excluding steroid dienone is 2. The van der Waals surface area contributed by atoms with Crippen molar-refractivity contribution in [2.24, 2.45) is 5.92 Å². The minimum absolute atomic E-state index is 0.103. The molecule has 6 heteroatoms. The zero-order chi connectivity index (χ0) is 14.8. The second kappa shape index (κ2) is 6.08. The molecular formula is C15H15Cl2N3O. The average Bonchev–Trinajstić information content (AvgIpc) is 3.01. The summed E-state index contributed by atoms with van der Waals surface area (Å²) >= 11 is 12.0. The Kier molecular flexibility index (Phi) is 4.17. The van der Waals surface area contributed by atoms with Crippen LogP contribution >= 0.6 is 23.2 Å². The van der Waals surface area contributed by atoms with Crippen molar-refractivity contribution in [1.29, 1.82) is 0 Å². The van der Waals surface area contributed by atoms with Crippen molar-refractivity contribution in [3.63, 3.8) is 0 Å². The van der Waals surface area contributed by atoms with Crippen molar-refractivity contribution in [2.45, 2.75) is 0 Å². The van der Waals surface area contributed by atoms with Gasteiger partial charge < -0.3 is 9.80 Å². The Hall–Kier alpha value is -1.52. The molecule has 2 aliphatic rings. The second-order valence-corrected chi connectivity index (χ2v) is 5.91. The summed E-state index contributed by atoms with van der Waals surface area (Å²) in [6, 6.07) is 1.69. The van der Waals surface area contributed by atoms with Crippen molar-refractivity contribution in [2.75, 3.05) is 31.1 Å². The van der Waals surface area contributed by atoms with Crippen LogP contribution in [0.25, 0.3) is 0 Å². The molecule has 1 aliphatic carbocycles. The quantitative estimate of drug-likeness (QED) is 0.839. The molecule has 2 heterocycles. The normalized spacial score (nSPS) is 18.6. The number of hydrogen-bond donors (Lipinski definition) is 0. The first-order valence-corrected chi connectivity index (χ1v) is 7.60. The largest absolute Gasteiger partial charge is 0.352 e. The minimum atomic E-state index is -0.103. The highest BCUT2D eigenvalue weighted by atomic mass is 35.5. The lowest BCUT2D eigenvalue weighted by Crippen LogP contribution is -2.50. The minimum Gasteiger partial charge on any atom is -0.352 e. The number of hydrogen-bond acceptors (Lipinski definition) is 3. The number of rotatable bonds is 2. The molecule has 0 N–H and O–H groups in total. The molecule has 1 aromatic rings. The van der Waals surface area contributed by atoms with Crippen LogP contribution in [0.1, 0.15) is 0 Å². The fraction of sp³-hybridized carbons (Fsp3) is 0.333. The van der Waals surface area contributed by atoms with E-state index in [1.165, 1.54) is 0 Å². The molecule has 0 radical (unpaired) electrons. The van der Waals surface area contributed by atoms with Crippen LogP contribution in [0.15, 0.2) is 36.6 Å². The Labute approximate surface area is 133 Å². The third-order valence-electron chi connectivity index (χ3n) is 3.71. The van der Waals surface area contributed by atoms with Gasteiger partial charge in [0.15, 0.2) is 0 Å². The fourth-order valence-corrected chi connectivity index (χ4v) is 3.09. The van der Waals surface area contributed by atoms with Crippen LogP contribution in [0.5, 0.6) is 0 Å². The maximum Gasteiger partial charge on any atom is 0.233 e. The van der Waals surface area contributed by atoms with Gasteiger partial charge in [0.05, 0.1) is 16.0 Å². The molecule has 4 nitrogen and oxygen atoms in total. The monoisotopic (exact) mass is 323 g/mol. The summed E-state index contributed by atoms with van der Waals surface area (Å²) in [5, 5.41) is 1.07. The van der Waals surface area contributed by atoms with Gasteiger partial charge in [-0.1, -0.05) is 47.5 Å². The van der Waals surface area contributed by atoms with Gasteiger partial charge in [-0.2, -0.15) is 0 Å². The Morgan fingerprint density at radius 1 is 1.14 bits per heavy atom. The topological polar surface area (TPSA) is 36.4 Å². The highest BCUT2D eigenvalue weighted by Crippen LogP contribution is 2.27. The van der Waals surface area contributed by atoms with Crippen LogP contribution in [-0.2, 0) is 4.79 Å². The molecule has 1 aromatic heterocycles. The zero-order valence-corrected chi connectivity index (χ0v) is 12.9. The van der Waals surface area contributed by atoms with E-state index >= 15 is 0 Å². The van der Waals surface area contributed by atoms with Gasteiger partial charge in [0.25, 0.3) is 0 Å². The van der Waals surface area contributed by atoms with E-state index in [1.54, 1.807) is 12.3 Å². The molecule has 110 valence electrons. The van der Waals surface area contributed by atoms with Crippen LogP contribution in [-0.4, -0.2) is 42.0 Å². The number of halogens is 2. The predicted octanol–water partition coefficient (Wildman–Crippen LogP) is 2.78. The second-order valence-electron chi connectivity index (χ2n) is 5.07. The maximum atomic E-state index is 12.3. The summed E-state index contributed by atoms with van der Waals surface area (Å²) in [4.78, 5) is 20.6. The van der Waals surface area contributed by atoms with Gasteiger partial charge in [-0.3, -0.25) is 4.79 Å². The van der Waals surface area contributed by atoms with Crippen LogP contribution in [0, 0.1) is 5.92 Å². The van der Waals surface area contributed by atoms with Gasteiger partial charge in [0.2, 0.25) is 5.91 Å². The smallest absolute Gasteiger partial charge is 0.233 e. The summed E-state index contributed by atoms with van der Waals surface area (Å²) in [6.07, 6.45) is 9.26. The lowest BCUT2D eigenvalue weighted by molar-refractivity contribution is -0.132. The van der Waals surface area contributed by atoms with E-state index in [-0.39, 0.29) is 11.8 Å². The summed E-state index contributed by atoms with van der Waals surface area (Å²) in [6.45, 7) is 2.80. The summed E-state index contributed by atoms with van der Waals surface area (Å²) in [5.74, 6) is 0.789. The number of amides is 1. The van der Waals surface area contributed by atoms with Gasteiger partial charge in [-0.05, 0) is 6.07 Å². The standard InChI is InChI=1S/C15H15Cl2N3O/c16-12-9-13(17)14(18-10-12)19-5-7-20(8-6-19)15(21)11-3-1-2-4-11/h1-4,9-11H,5-8H2. The van der Waals surface area contributed by atoms with Gasteiger partial charge in [0.1, 0.15) is 5.82 Å². The van der Waals surface area contributed by atoms with E-state index in [1.807, 2.05) is 29.2 Å². The molecular weight excluding hydrogens is 309 g/mol. The van der Waals surface area contributed by atoms with Gasteiger partial charge >= 0.3 is 0 Å². The molecule has 0 unspecified atom stereocenters. The molecule has 0 spiro atoms. The number of carbonyl (C=O) groups is 1. The lowest BCUT2D eigenvalue weighted by atomic mass is 10.1. The molecule has 1 aliphatic heterocycles. The lowest BCUT2D eigenvalue weighted by Gasteiger charge is -2.36. The van der Waals surface area contributed by atoms with E-state index in [9.17, 15) is 4.79 Å². The van der Waals surface area contributed by atoms with Crippen molar-refractivity contribution >= 4 is 34.9 Å². The molecule has 3 rings (SSSR count). The summed E-state index contributed by atoms with van der Waals surface area (Å²) in [7, 11) is 0. The van der Waals surface area contributed by atoms with Crippen molar-refractivity contribution in [1.82, 2.24) is 9.88 Å². The van der Waals surface area contributed by atoms with Crippen LogP contribution in [0.3, 0.4) is 0 Å². The number of carbonyl (C=O) groups excluding carboxylic acids is 1. The van der Waals surface area contributed by atoms with E-state index in [0.717, 1.165) is 18.9 Å². The summed E-state index contributed by atoms with van der Waals surface area (Å²) < 4.78 is 0. The summed E-state index contributed by atoms with van der Waals surface area (Å²) in [5.41, 5.74) is 0. The fourth-order valence-electron chi connectivity index (χ4n) is 2.59. The van der Waals surface area contributed by atoms with Gasteiger partial charge in [-0.15, -0.1) is 0 Å². The van der Waals surface area contributed by atoms with E-state index in [2.05, 4.69) is 9.88 Å². The molecule has 1 saturated heterocycles. The van der Waals surface area contributed by atoms with Crippen molar-refractivity contribution < 1.29 is 4.79 Å². The highest BCUT2D eigenvalue weighted by Gasteiger charge is 2.26. The zero-order valence-electron chi connectivity index (χ0n) is 11.4. The number of anilines is 1. The number of aromatic nitrogens is 1. The van der Waals surface area contributed by atoms with Crippen molar-refractivity contribution in [3.8, 4) is 0 Å². The van der Waals surface area contributed by atoms with Gasteiger partial charge in [0, 0.05) is 32.4 Å². The molecule has 0 aromatic carbocycles. The Morgan fingerprint density at radius 3 is 2.43 bits per heavy atom. The third kappa shape index (κ3) is 3.06. The number of pyridine rings is 1. The van der Waals surface area contributed by atoms with Crippen LogP contribution in [0.2, 0.25) is 10.0 Å². The van der Waals surface area contributed by atoms with E-state index in [0.29, 0.717) is 23.1 Å². The van der Waals surface area contributed by atoms with E-state index < -0.39 is 0 Å². The molecule has 0 atom stereocenters. The number of nitrogens with zero attached hydrogens (tertiary/aromatic N) is 3. The molecule has 21 heavy (non-hydrogen) atoms. The third-order valence-corrected chi connectivity index (χ3v) is 4.20. The first-order valence-electron chi connectivity index (χ1n) is 6.85. The van der Waals surface area contributed by atoms with Gasteiger partial charge in [-0.25, -0.2) is 4.98 Å². The van der Waals surface area contributed by atoms with Crippen LogP contribution < -0.4 is 4.90 Å². The SMILES string of the molecule is O=C(C1C=CC=C1)N1CCN(c2ncc(Cl)cc2Cl)CC1. The molecule has 0 bridgehead atoms. The molecule has 1 amide bonds. The van der Waals surface area contributed by atoms with E-state index in [4.69, 9.17) is 23.2 Å². The Bertz CT molecular complexity index is 595. The Morgan fingerprint density at radius 2 is 1.81 bits per heavy atom. The molecule has 1 fully saturated rings. The average molecular weight is 324 g/mol. The Balaban J connectivity index is 1.63. The predicted molar refractivity (Wildman–Crippen MR) is 84.8 cm³/mol. The first-order chi connectivity index (χ1) is 10.1. The first kappa shape index (κ1) is 14.4. The number of piperazine rings is 1. The van der Waals surface area contributed by atoms with Crippen molar-refractivity contribution in [3.05, 3.63) is 46.6 Å². The molecule has 0 saturated carbocycles.